The Morgan fingerprint density at radius 2 is 1.17 bits per heavy atom. The quantitative estimate of drug-likeness (QED) is 0.422. The third-order valence-corrected chi connectivity index (χ3v) is 0. The van der Waals surface area contributed by atoms with Crippen LogP contribution in [0, 0.1) is 11.8 Å². The second-order valence-electron chi connectivity index (χ2n) is 0.152. The molecule has 0 rings (SSSR count). The van der Waals surface area contributed by atoms with Gasteiger partial charge in [0.15, 0.2) is 0 Å². The van der Waals surface area contributed by atoms with E-state index in [2.05, 4.69) is 0 Å². The average Bonchev–Trinajstić information content (AvgIpc) is 1.41. The Bertz CT molecular complexity index is 32.3. The van der Waals surface area contributed by atoms with Gasteiger partial charge >= 0.3 is 41.5 Å². The van der Waals surface area contributed by atoms with Crippen LogP contribution in [0.25, 0.3) is 0 Å². The first-order chi connectivity index (χ1) is 2.73. The molecule has 0 spiro atoms. The van der Waals surface area contributed by atoms with Crippen molar-refractivity contribution in [1.82, 2.24) is 0 Å². The standard InChI is InChI=1S/CN.3ClH.Fe/c1-2;;;;/h;3*1H;/q-1;;;;+3/p-3. The van der Waals surface area contributed by atoms with Crippen molar-refractivity contribution >= 4 is 30.3 Å². The van der Waals surface area contributed by atoms with Crippen LogP contribution in [0.2, 0.25) is 0 Å². The molecule has 0 aromatic carbocycles. The molecule has 0 saturated heterocycles. The van der Waals surface area contributed by atoms with Gasteiger partial charge in [-0.2, -0.15) is 0 Å². The van der Waals surface area contributed by atoms with Crippen molar-refractivity contribution in [2.45, 2.75) is 0 Å². The summed E-state index contributed by atoms with van der Waals surface area (Å²) in [6.45, 7) is 4.75. The van der Waals surface area contributed by atoms with Crippen LogP contribution < -0.4 is 0 Å². The van der Waals surface area contributed by atoms with Gasteiger partial charge in [-0.25, -0.2) is 0 Å². The van der Waals surface area contributed by atoms with E-state index in [-0.39, 0.29) is 0 Å². The maximum absolute atomic E-state index is 6.25. The predicted octanol–water partition coefficient (Wildman–Crippen LogP) is 2.16. The van der Waals surface area contributed by atoms with E-state index in [4.69, 9.17) is 42.1 Å². The summed E-state index contributed by atoms with van der Waals surface area (Å²) >= 11 is -1.33. The summed E-state index contributed by atoms with van der Waals surface area (Å²) in [5.74, 6) is 0. The van der Waals surface area contributed by atoms with Crippen molar-refractivity contribution in [3.8, 4) is 0 Å². The van der Waals surface area contributed by atoms with Crippen LogP contribution in [-0.2, 0) is 11.2 Å². The fourth-order valence-electron chi connectivity index (χ4n) is 0. The van der Waals surface area contributed by atoms with Crippen molar-refractivity contribution in [1.29, 1.82) is 5.26 Å². The van der Waals surface area contributed by atoms with E-state index in [0.29, 0.717) is 0 Å². The topological polar surface area (TPSA) is 23.8 Å². The summed E-state index contributed by atoms with van der Waals surface area (Å²) in [7, 11) is 14.7. The van der Waals surface area contributed by atoms with Gasteiger partial charge in [0.05, 0.1) is 0 Å². The van der Waals surface area contributed by atoms with Gasteiger partial charge in [-0.3, -0.25) is 0 Å². The van der Waals surface area contributed by atoms with Crippen molar-refractivity contribution in [3.05, 3.63) is 6.57 Å². The van der Waals surface area contributed by atoms with Crippen LogP contribution in [0.5, 0.6) is 0 Å². The van der Waals surface area contributed by atoms with Crippen LogP contribution in [-0.4, -0.2) is 0 Å². The van der Waals surface area contributed by atoms with Crippen molar-refractivity contribution < 1.29 is 11.2 Å². The van der Waals surface area contributed by atoms with Crippen molar-refractivity contribution in [2.24, 2.45) is 0 Å². The molecule has 0 atom stereocenters. The van der Waals surface area contributed by atoms with Gasteiger partial charge in [0.25, 0.3) is 0 Å². The molecule has 0 N–H and O–H groups in total. The van der Waals surface area contributed by atoms with Gasteiger partial charge < -0.3 is 11.8 Å². The molecular formula is CCl3FeN-. The maximum atomic E-state index is 6.25. The van der Waals surface area contributed by atoms with E-state index in [0.717, 1.165) is 0 Å². The molecule has 0 heterocycles. The summed E-state index contributed by atoms with van der Waals surface area (Å²) in [6, 6.07) is 0. The molecule has 0 aliphatic carbocycles. The predicted molar refractivity (Wildman–Crippen MR) is 22.5 cm³/mol. The Kier molecular flexibility index (Phi) is 15.5. The van der Waals surface area contributed by atoms with E-state index in [9.17, 15) is 0 Å². The normalized spacial score (nSPS) is 7.83. The van der Waals surface area contributed by atoms with Gasteiger partial charge in [0.1, 0.15) is 0 Å². The van der Waals surface area contributed by atoms with Gasteiger partial charge in [-0.15, -0.1) is 0 Å². The fourth-order valence-corrected chi connectivity index (χ4v) is 0. The van der Waals surface area contributed by atoms with Crippen LogP contribution in [0.3, 0.4) is 0 Å². The molecule has 0 saturated carbocycles. The number of hydrogen-bond donors (Lipinski definition) is 0. The summed E-state index contributed by atoms with van der Waals surface area (Å²) < 4.78 is 0. The Balaban J connectivity index is 0. The average molecular weight is 188 g/mol. The van der Waals surface area contributed by atoms with Crippen LogP contribution >= 0.6 is 30.3 Å². The van der Waals surface area contributed by atoms with Crippen LogP contribution in [0.1, 0.15) is 0 Å². The van der Waals surface area contributed by atoms with E-state index in [1.54, 1.807) is 0 Å². The minimum atomic E-state index is -1.33. The summed E-state index contributed by atoms with van der Waals surface area (Å²) in [5.41, 5.74) is 0. The summed E-state index contributed by atoms with van der Waals surface area (Å²) in [6.07, 6.45) is 0. The molecule has 0 aromatic heterocycles. The van der Waals surface area contributed by atoms with Crippen molar-refractivity contribution in [3.63, 3.8) is 0 Å². The molecule has 6 heavy (non-hydrogen) atoms. The first-order valence-corrected chi connectivity index (χ1v) is 5.18. The SMILES string of the molecule is [C-]#N.[Cl][Fe]([Cl])[Cl]. The molecule has 5 heteroatoms. The number of halogens is 3. The van der Waals surface area contributed by atoms with E-state index < -0.39 is 11.2 Å². The summed E-state index contributed by atoms with van der Waals surface area (Å²) in [5, 5.41) is 6.25. The van der Waals surface area contributed by atoms with Gasteiger partial charge in [-0.1, -0.05) is 0 Å². The minimum absolute atomic E-state index is 1.33. The Labute approximate surface area is 53.4 Å². The molecule has 0 fully saturated rings. The van der Waals surface area contributed by atoms with Gasteiger partial charge in [-0.05, 0) is 0 Å². The van der Waals surface area contributed by atoms with Gasteiger partial charge in [0, 0.05) is 0 Å². The fraction of sp³-hybridized carbons (Fsp3) is 0. The zero-order valence-electron chi connectivity index (χ0n) is 2.43. The third-order valence-electron chi connectivity index (χ3n) is 0. The van der Waals surface area contributed by atoms with E-state index >= 15 is 0 Å². The molecule has 0 bridgehead atoms. The molecule has 0 amide bonds. The molecule has 0 aliphatic heterocycles. The van der Waals surface area contributed by atoms with Gasteiger partial charge in [0.2, 0.25) is 0 Å². The summed E-state index contributed by atoms with van der Waals surface area (Å²) in [4.78, 5) is 0. The third kappa shape index (κ3) is 94.9. The number of nitrogens with zero attached hydrogens (tertiary/aromatic N) is 1. The Morgan fingerprint density at radius 1 is 1.17 bits per heavy atom. The monoisotopic (exact) mass is 187 g/mol. The van der Waals surface area contributed by atoms with Crippen LogP contribution in [0.15, 0.2) is 0 Å². The Morgan fingerprint density at radius 3 is 1.17 bits per heavy atom. The molecule has 0 unspecified atom stereocenters. The molecule has 39 valence electrons. The second-order valence-corrected chi connectivity index (χ2v) is 5.62. The first-order valence-electron chi connectivity index (χ1n) is 0.624. The molecule has 0 aromatic rings. The molecular weight excluding hydrogens is 188 g/mol. The number of hydrogen-bond acceptors (Lipinski definition) is 1. The second kappa shape index (κ2) is 9.30. The van der Waals surface area contributed by atoms with Crippen molar-refractivity contribution in [2.75, 3.05) is 0 Å². The number of rotatable bonds is 0. The molecule has 0 radical (unpaired) electrons. The zero-order valence-corrected chi connectivity index (χ0v) is 5.81. The van der Waals surface area contributed by atoms with E-state index in [1.165, 1.54) is 0 Å². The van der Waals surface area contributed by atoms with E-state index in [1.807, 2.05) is 0 Å². The van der Waals surface area contributed by atoms with Crippen LogP contribution in [0.4, 0.5) is 0 Å². The first kappa shape index (κ1) is 9.99. The Hall–Kier alpha value is 0.879. The zero-order chi connectivity index (χ0) is 5.58. The molecule has 1 nitrogen and oxygen atoms in total. The molecule has 0 aliphatic rings.